The summed E-state index contributed by atoms with van der Waals surface area (Å²) in [6.45, 7) is 0.360. The van der Waals surface area contributed by atoms with Crippen LogP contribution in [0, 0.1) is 5.92 Å². The van der Waals surface area contributed by atoms with Crippen LogP contribution in [0.5, 0.6) is 0 Å². The first-order chi connectivity index (χ1) is 13.2. The molecule has 5 atom stereocenters. The van der Waals surface area contributed by atoms with Crippen LogP contribution >= 0.6 is 46.4 Å². The lowest BCUT2D eigenvalue weighted by Crippen LogP contribution is -2.57. The van der Waals surface area contributed by atoms with E-state index in [4.69, 9.17) is 65.4 Å². The number of alkyl halides is 2. The Balaban J connectivity index is 1.53. The summed E-state index contributed by atoms with van der Waals surface area (Å²) in [6, 6.07) is 0. The number of aliphatic hydroxyl groups is 1. The Morgan fingerprint density at radius 2 is 1.75 bits per heavy atom. The fraction of sp³-hybridized carbons (Fsp3) is 0.895. The zero-order valence-electron chi connectivity index (χ0n) is 16.0. The molecule has 9 heteroatoms. The van der Waals surface area contributed by atoms with E-state index in [9.17, 15) is 5.11 Å². The van der Waals surface area contributed by atoms with Gasteiger partial charge in [-0.15, -0.1) is 23.2 Å². The smallest absolute Gasteiger partial charge is 0.217 e. The molecule has 3 unspecified atom stereocenters. The molecule has 2 saturated carbocycles. The van der Waals surface area contributed by atoms with Crippen LogP contribution in [-0.2, 0) is 18.9 Å². The maximum Gasteiger partial charge on any atom is 0.217 e. The average Bonchev–Trinajstić information content (AvgIpc) is 3.21. The van der Waals surface area contributed by atoms with Gasteiger partial charge >= 0.3 is 0 Å². The molecule has 0 aromatic carbocycles. The molecular formula is C19H26Cl4O5. The largest absolute Gasteiger partial charge is 0.390 e. The van der Waals surface area contributed by atoms with E-state index >= 15 is 0 Å². The van der Waals surface area contributed by atoms with Crippen molar-refractivity contribution >= 4 is 46.4 Å². The van der Waals surface area contributed by atoms with Gasteiger partial charge < -0.3 is 24.1 Å². The second-order valence-corrected chi connectivity index (χ2v) is 10.3. The molecule has 0 aromatic heterocycles. The second kappa shape index (κ2) is 7.39. The van der Waals surface area contributed by atoms with Crippen molar-refractivity contribution in [3.63, 3.8) is 0 Å². The van der Waals surface area contributed by atoms with Gasteiger partial charge in [-0.1, -0.05) is 29.6 Å². The minimum absolute atomic E-state index is 0.213. The summed E-state index contributed by atoms with van der Waals surface area (Å²) < 4.78 is 23.5. The molecule has 28 heavy (non-hydrogen) atoms. The highest BCUT2D eigenvalue weighted by atomic mass is 35.5. The first kappa shape index (κ1) is 21.9. The Kier molecular flexibility index (Phi) is 5.78. The van der Waals surface area contributed by atoms with Crippen molar-refractivity contribution in [3.05, 3.63) is 10.1 Å². The number of ether oxygens (including phenoxy) is 4. The van der Waals surface area contributed by atoms with Crippen molar-refractivity contribution in [2.24, 2.45) is 5.92 Å². The van der Waals surface area contributed by atoms with Crippen LogP contribution in [0.2, 0.25) is 0 Å². The quantitative estimate of drug-likeness (QED) is 0.469. The van der Waals surface area contributed by atoms with Crippen molar-refractivity contribution in [1.82, 2.24) is 0 Å². The summed E-state index contributed by atoms with van der Waals surface area (Å²) in [5, 5.41) is 11.4. The SMILES string of the molecule is COC1(OC)C2(Cl)CC(C[C@H](O)[C@H]3COC4(CCCCC4)O3)C1(Cl)C(Cl)=C2Cl. The lowest BCUT2D eigenvalue weighted by Gasteiger charge is -2.41. The van der Waals surface area contributed by atoms with E-state index in [1.165, 1.54) is 20.6 Å². The predicted molar refractivity (Wildman–Crippen MR) is 108 cm³/mol. The summed E-state index contributed by atoms with van der Waals surface area (Å²) in [5.41, 5.74) is 0. The highest BCUT2D eigenvalue weighted by Crippen LogP contribution is 2.72. The molecule has 4 rings (SSSR count). The van der Waals surface area contributed by atoms with Gasteiger partial charge in [0.25, 0.3) is 0 Å². The van der Waals surface area contributed by atoms with Gasteiger partial charge in [-0.2, -0.15) is 0 Å². The van der Waals surface area contributed by atoms with Gasteiger partial charge in [-0.3, -0.25) is 0 Å². The summed E-state index contributed by atoms with van der Waals surface area (Å²) >= 11 is 26.8. The molecule has 5 nitrogen and oxygen atoms in total. The van der Waals surface area contributed by atoms with E-state index in [0.29, 0.717) is 19.4 Å². The molecule has 1 heterocycles. The molecule has 4 aliphatic rings. The maximum absolute atomic E-state index is 10.9. The van der Waals surface area contributed by atoms with Gasteiger partial charge in [0.05, 0.1) is 22.8 Å². The Bertz CT molecular complexity index is 663. The Morgan fingerprint density at radius 3 is 2.32 bits per heavy atom. The summed E-state index contributed by atoms with van der Waals surface area (Å²) in [4.78, 5) is -2.50. The van der Waals surface area contributed by atoms with Crippen LogP contribution in [-0.4, -0.2) is 59.5 Å². The molecule has 0 amide bonds. The summed E-state index contributed by atoms with van der Waals surface area (Å²) in [6.07, 6.45) is 4.56. The second-order valence-electron chi connectivity index (χ2n) is 8.31. The lowest BCUT2D eigenvalue weighted by molar-refractivity contribution is -0.220. The van der Waals surface area contributed by atoms with Gasteiger partial charge in [0, 0.05) is 27.1 Å². The van der Waals surface area contributed by atoms with Crippen LogP contribution in [0.3, 0.4) is 0 Å². The highest BCUT2D eigenvalue weighted by molar-refractivity contribution is 6.51. The number of hydrogen-bond acceptors (Lipinski definition) is 5. The molecular weight excluding hydrogens is 450 g/mol. The van der Waals surface area contributed by atoms with E-state index < -0.39 is 33.5 Å². The Hall–Kier alpha value is 0.700. The third kappa shape index (κ3) is 2.71. The standard InChI is InChI=1S/C19H26Cl4O5/c1-25-19(26-2)17(22)9-11(18(19,23)15(21)14(17)20)8-12(24)13-10-27-16(28-13)6-4-3-5-7-16/h11-13,24H,3-10H2,1-2H3/t11?,12-,13+,17?,18?/m0/s1. The van der Waals surface area contributed by atoms with E-state index in [-0.39, 0.29) is 16.0 Å². The maximum atomic E-state index is 10.9. The minimum atomic E-state index is -1.42. The van der Waals surface area contributed by atoms with Crippen molar-refractivity contribution in [2.75, 3.05) is 20.8 Å². The molecule has 1 aliphatic heterocycles. The van der Waals surface area contributed by atoms with Crippen molar-refractivity contribution in [2.45, 2.75) is 78.5 Å². The van der Waals surface area contributed by atoms with E-state index in [1.807, 2.05) is 0 Å². The van der Waals surface area contributed by atoms with Crippen molar-refractivity contribution < 1.29 is 24.1 Å². The van der Waals surface area contributed by atoms with Gasteiger partial charge in [0.15, 0.2) is 5.79 Å². The number of methoxy groups -OCH3 is 2. The average molecular weight is 476 g/mol. The topological polar surface area (TPSA) is 57.2 Å². The molecule has 160 valence electrons. The summed E-state index contributed by atoms with van der Waals surface area (Å²) in [7, 11) is 2.94. The Labute approximate surface area is 185 Å². The van der Waals surface area contributed by atoms with E-state index in [1.54, 1.807) is 0 Å². The normalized spacial score (nSPS) is 42.5. The molecule has 1 spiro atoms. The predicted octanol–water partition coefficient (Wildman–Crippen LogP) is 4.48. The van der Waals surface area contributed by atoms with E-state index in [0.717, 1.165) is 25.7 Å². The summed E-state index contributed by atoms with van der Waals surface area (Å²) in [5.74, 6) is -2.28. The third-order valence-electron chi connectivity index (χ3n) is 6.97. The first-order valence-electron chi connectivity index (χ1n) is 9.74. The van der Waals surface area contributed by atoms with Crippen LogP contribution in [0.25, 0.3) is 0 Å². The molecule has 3 aliphatic carbocycles. The minimum Gasteiger partial charge on any atom is -0.390 e. The number of hydrogen-bond donors (Lipinski definition) is 1. The fourth-order valence-electron chi connectivity index (χ4n) is 5.58. The lowest BCUT2D eigenvalue weighted by atomic mass is 9.85. The molecule has 2 bridgehead atoms. The molecule has 1 saturated heterocycles. The van der Waals surface area contributed by atoms with Crippen LogP contribution < -0.4 is 0 Å². The Morgan fingerprint density at radius 1 is 1.11 bits per heavy atom. The first-order valence-corrected chi connectivity index (χ1v) is 11.2. The van der Waals surface area contributed by atoms with Crippen LogP contribution in [0.1, 0.15) is 44.9 Å². The van der Waals surface area contributed by atoms with Crippen LogP contribution in [0.15, 0.2) is 10.1 Å². The zero-order valence-corrected chi connectivity index (χ0v) is 19.0. The molecule has 1 N–H and O–H groups in total. The van der Waals surface area contributed by atoms with Crippen LogP contribution in [0.4, 0.5) is 0 Å². The van der Waals surface area contributed by atoms with E-state index in [2.05, 4.69) is 0 Å². The fourth-order valence-corrected chi connectivity index (χ4v) is 7.67. The third-order valence-corrected chi connectivity index (χ3v) is 9.60. The number of rotatable bonds is 5. The monoisotopic (exact) mass is 474 g/mol. The number of halogens is 4. The zero-order chi connectivity index (χ0) is 20.4. The van der Waals surface area contributed by atoms with Gasteiger partial charge in [0.2, 0.25) is 5.79 Å². The molecule has 0 aromatic rings. The van der Waals surface area contributed by atoms with Crippen molar-refractivity contribution in [1.29, 1.82) is 0 Å². The van der Waals surface area contributed by atoms with Crippen molar-refractivity contribution in [3.8, 4) is 0 Å². The molecule has 3 fully saturated rings. The number of fused-ring (bicyclic) bond motifs is 2. The number of aliphatic hydroxyl groups excluding tert-OH is 1. The van der Waals surface area contributed by atoms with Gasteiger partial charge in [-0.25, -0.2) is 0 Å². The van der Waals surface area contributed by atoms with Gasteiger partial charge in [0.1, 0.15) is 15.9 Å². The van der Waals surface area contributed by atoms with Gasteiger partial charge in [-0.05, 0) is 31.6 Å². The molecule has 0 radical (unpaired) electrons. The highest BCUT2D eigenvalue weighted by Gasteiger charge is 2.80.